The first-order valence-electron chi connectivity index (χ1n) is 10.3. The monoisotopic (exact) mass is 403 g/mol. The number of likely N-dealkylation sites (tertiary alicyclic amines) is 1. The van der Waals surface area contributed by atoms with Gasteiger partial charge in [0.05, 0.1) is 13.1 Å². The summed E-state index contributed by atoms with van der Waals surface area (Å²) >= 11 is 1.75. The predicted molar refractivity (Wildman–Crippen MR) is 115 cm³/mol. The van der Waals surface area contributed by atoms with Crippen LogP contribution in [0.4, 0.5) is 0 Å². The summed E-state index contributed by atoms with van der Waals surface area (Å²) in [6.07, 6.45) is 1.19. The second-order valence-electron chi connectivity index (χ2n) is 8.44. The van der Waals surface area contributed by atoms with Crippen LogP contribution in [0.3, 0.4) is 0 Å². The molecule has 0 aliphatic carbocycles. The average Bonchev–Trinajstić information content (AvgIpc) is 3.38. The third kappa shape index (κ3) is 2.96. The minimum atomic E-state index is 0.149. The number of para-hydroxylation sites is 1. The number of nitrogens with zero attached hydrogens (tertiary/aromatic N) is 1. The number of aromatic nitrogens is 1. The van der Waals surface area contributed by atoms with Gasteiger partial charge in [-0.25, -0.2) is 0 Å². The Kier molecular flexibility index (Phi) is 3.99. The number of hydrogen-bond donors (Lipinski definition) is 1. The quantitative estimate of drug-likeness (QED) is 0.569. The largest absolute Gasteiger partial charge is 0.455 e. The van der Waals surface area contributed by atoms with E-state index in [-0.39, 0.29) is 5.56 Å². The van der Waals surface area contributed by atoms with E-state index in [9.17, 15) is 4.79 Å². The van der Waals surface area contributed by atoms with Gasteiger partial charge in [0.15, 0.2) is 5.76 Å². The second kappa shape index (κ2) is 6.71. The summed E-state index contributed by atoms with van der Waals surface area (Å²) in [6.45, 7) is 3.90. The van der Waals surface area contributed by atoms with E-state index >= 15 is 0 Å². The maximum atomic E-state index is 12.6. The van der Waals surface area contributed by atoms with E-state index in [0.717, 1.165) is 37.5 Å². The average molecular weight is 404 g/mol. The molecule has 0 amide bonds. The van der Waals surface area contributed by atoms with Gasteiger partial charge in [-0.1, -0.05) is 24.3 Å². The van der Waals surface area contributed by atoms with Crippen molar-refractivity contribution in [2.45, 2.75) is 25.4 Å². The van der Waals surface area contributed by atoms with Crippen LogP contribution in [0.2, 0.25) is 0 Å². The molecule has 3 atom stereocenters. The van der Waals surface area contributed by atoms with Gasteiger partial charge in [-0.05, 0) is 36.1 Å². The molecule has 1 unspecified atom stereocenters. The third-order valence-electron chi connectivity index (χ3n) is 6.47. The number of piperidine rings is 1. The summed E-state index contributed by atoms with van der Waals surface area (Å²) < 4.78 is 8.15. The molecule has 5 heteroatoms. The van der Waals surface area contributed by atoms with Crippen LogP contribution in [0, 0.1) is 5.92 Å². The highest BCUT2D eigenvalue weighted by atomic mass is 32.1. The van der Waals surface area contributed by atoms with Gasteiger partial charge in [-0.3, -0.25) is 4.79 Å². The van der Waals surface area contributed by atoms with Gasteiger partial charge in [-0.15, -0.1) is 11.3 Å². The van der Waals surface area contributed by atoms with Gasteiger partial charge in [0.25, 0.3) is 5.56 Å². The van der Waals surface area contributed by atoms with Crippen molar-refractivity contribution in [2.24, 2.45) is 5.92 Å². The predicted octanol–water partition coefficient (Wildman–Crippen LogP) is 3.53. The lowest BCUT2D eigenvalue weighted by molar-refractivity contribution is -0.925. The molecule has 2 aliphatic heterocycles. The van der Waals surface area contributed by atoms with E-state index in [2.05, 4.69) is 40.3 Å². The molecular weight excluding hydrogens is 380 g/mol. The van der Waals surface area contributed by atoms with E-state index in [1.165, 1.54) is 27.9 Å². The van der Waals surface area contributed by atoms with Crippen LogP contribution in [0.1, 0.15) is 23.8 Å². The highest BCUT2D eigenvalue weighted by Gasteiger charge is 2.39. The van der Waals surface area contributed by atoms with Crippen LogP contribution in [-0.4, -0.2) is 17.7 Å². The molecule has 1 aromatic carbocycles. The van der Waals surface area contributed by atoms with Crippen molar-refractivity contribution in [3.8, 4) is 10.4 Å². The molecule has 6 rings (SSSR count). The fourth-order valence-electron chi connectivity index (χ4n) is 5.39. The van der Waals surface area contributed by atoms with E-state index in [1.807, 2.05) is 18.2 Å². The Balaban J connectivity index is 1.34. The van der Waals surface area contributed by atoms with E-state index in [4.69, 9.17) is 4.42 Å². The molecule has 29 heavy (non-hydrogen) atoms. The van der Waals surface area contributed by atoms with Crippen molar-refractivity contribution in [2.75, 3.05) is 13.1 Å². The molecule has 146 valence electrons. The highest BCUT2D eigenvalue weighted by Crippen LogP contribution is 2.38. The summed E-state index contributed by atoms with van der Waals surface area (Å²) in [6, 6.07) is 18.4. The van der Waals surface area contributed by atoms with E-state index in [0.29, 0.717) is 11.8 Å². The van der Waals surface area contributed by atoms with E-state index < -0.39 is 0 Å². The van der Waals surface area contributed by atoms with Crippen molar-refractivity contribution in [3.63, 3.8) is 0 Å². The van der Waals surface area contributed by atoms with Gasteiger partial charge in [-0.2, -0.15) is 0 Å². The maximum Gasteiger partial charge on any atom is 0.250 e. The molecule has 2 aliphatic rings. The SMILES string of the molecule is O=c1ccc(-c2cccs2)c2n1C[C@H]1C[C@@H]2C[NH+](Cc2cc3ccccc3o2)C1. The Morgan fingerprint density at radius 1 is 1.10 bits per heavy atom. The van der Waals surface area contributed by atoms with Crippen molar-refractivity contribution in [3.05, 3.63) is 81.8 Å². The Morgan fingerprint density at radius 2 is 2.03 bits per heavy atom. The van der Waals surface area contributed by atoms with Crippen molar-refractivity contribution in [1.29, 1.82) is 0 Å². The molecule has 4 aromatic rings. The summed E-state index contributed by atoms with van der Waals surface area (Å²) in [5.41, 5.74) is 3.61. The number of thiophene rings is 1. The summed E-state index contributed by atoms with van der Waals surface area (Å²) in [7, 11) is 0. The molecular formula is C24H23N2O2S+. The van der Waals surface area contributed by atoms with Crippen LogP contribution in [0.5, 0.6) is 0 Å². The molecule has 0 spiro atoms. The van der Waals surface area contributed by atoms with Crippen LogP contribution in [0.15, 0.2) is 69.2 Å². The van der Waals surface area contributed by atoms with E-state index in [1.54, 1.807) is 22.3 Å². The van der Waals surface area contributed by atoms with Crippen molar-refractivity contribution < 1.29 is 9.32 Å². The third-order valence-corrected chi connectivity index (χ3v) is 7.37. The molecule has 2 bridgehead atoms. The minimum absolute atomic E-state index is 0.149. The Bertz CT molecular complexity index is 1200. The Morgan fingerprint density at radius 3 is 2.90 bits per heavy atom. The highest BCUT2D eigenvalue weighted by molar-refractivity contribution is 7.13. The molecule has 3 aromatic heterocycles. The zero-order valence-corrected chi connectivity index (χ0v) is 17.0. The van der Waals surface area contributed by atoms with Crippen LogP contribution in [0.25, 0.3) is 21.4 Å². The lowest BCUT2D eigenvalue weighted by atomic mass is 9.81. The van der Waals surface area contributed by atoms with Crippen LogP contribution >= 0.6 is 11.3 Å². The molecule has 1 N–H and O–H groups in total. The fourth-order valence-corrected chi connectivity index (χ4v) is 6.15. The Hall–Kier alpha value is -2.63. The molecule has 5 heterocycles. The van der Waals surface area contributed by atoms with Gasteiger partial charge in [0, 0.05) is 46.0 Å². The number of quaternary nitrogens is 1. The van der Waals surface area contributed by atoms with Crippen molar-refractivity contribution >= 4 is 22.3 Å². The summed E-state index contributed by atoms with van der Waals surface area (Å²) in [5, 5.41) is 3.29. The molecule has 1 saturated heterocycles. The molecule has 4 nitrogen and oxygen atoms in total. The first-order chi connectivity index (χ1) is 14.2. The van der Waals surface area contributed by atoms with Crippen molar-refractivity contribution in [1.82, 2.24) is 4.57 Å². The normalized spacial score (nSPS) is 23.2. The number of fused-ring (bicyclic) bond motifs is 5. The van der Waals surface area contributed by atoms with Gasteiger partial charge in [0.2, 0.25) is 0 Å². The lowest BCUT2D eigenvalue weighted by Gasteiger charge is -2.41. The van der Waals surface area contributed by atoms with Crippen LogP contribution in [-0.2, 0) is 13.1 Å². The number of furan rings is 1. The first-order valence-corrected chi connectivity index (χ1v) is 11.2. The molecule has 1 fully saturated rings. The topological polar surface area (TPSA) is 39.6 Å². The fraction of sp³-hybridized carbons (Fsp3) is 0.292. The summed E-state index contributed by atoms with van der Waals surface area (Å²) in [5.74, 6) is 2.04. The number of rotatable bonds is 3. The molecule has 0 radical (unpaired) electrons. The number of hydrogen-bond acceptors (Lipinski definition) is 3. The van der Waals surface area contributed by atoms with Crippen LogP contribution < -0.4 is 10.5 Å². The van der Waals surface area contributed by atoms with Gasteiger partial charge in [0.1, 0.15) is 12.1 Å². The number of nitrogens with one attached hydrogen (secondary N) is 1. The summed E-state index contributed by atoms with van der Waals surface area (Å²) in [4.78, 5) is 15.5. The first kappa shape index (κ1) is 17.2. The number of pyridine rings is 1. The second-order valence-corrected chi connectivity index (χ2v) is 9.39. The number of benzene rings is 1. The van der Waals surface area contributed by atoms with Gasteiger partial charge < -0.3 is 13.9 Å². The smallest absolute Gasteiger partial charge is 0.250 e. The Labute approximate surface area is 173 Å². The standard InChI is InChI=1S/C24H22N2O2S/c27-23-8-7-20(22-6-3-9-29-22)24-18-10-16(13-26(23)24)12-25(14-18)15-19-11-17-4-1-2-5-21(17)28-19/h1-9,11,16,18H,10,12-15H2/p+1/t16-,18+/m0/s1. The van der Waals surface area contributed by atoms with Gasteiger partial charge >= 0.3 is 0 Å². The lowest BCUT2D eigenvalue weighted by Crippen LogP contribution is -3.13. The minimum Gasteiger partial charge on any atom is -0.455 e. The maximum absolute atomic E-state index is 12.6. The molecule has 0 saturated carbocycles. The zero-order valence-electron chi connectivity index (χ0n) is 16.1. The zero-order chi connectivity index (χ0) is 19.4.